The molecule has 0 N–H and O–H groups in total. The molecule has 16 heavy (non-hydrogen) atoms. The third-order valence-corrected chi connectivity index (χ3v) is 2.84. The molecule has 1 heterocycles. The molecule has 0 bridgehead atoms. The van der Waals surface area contributed by atoms with Gasteiger partial charge in [0.05, 0.1) is 5.69 Å². The van der Waals surface area contributed by atoms with E-state index in [1.165, 1.54) is 0 Å². The second kappa shape index (κ2) is 3.95. The lowest BCUT2D eigenvalue weighted by molar-refractivity contribution is 0.590. The molecule has 0 radical (unpaired) electrons. The highest BCUT2D eigenvalue weighted by Gasteiger charge is 2.17. The molecule has 0 fully saturated rings. The monoisotopic (exact) mass is 234 g/mol. The molecule has 0 amide bonds. The van der Waals surface area contributed by atoms with E-state index in [-0.39, 0.29) is 5.41 Å². The smallest absolute Gasteiger partial charge is 0.0660 e. The van der Waals surface area contributed by atoms with Crippen LogP contribution in [0.4, 0.5) is 0 Å². The Kier molecular flexibility index (Phi) is 2.76. The maximum absolute atomic E-state index is 6.29. The van der Waals surface area contributed by atoms with Crippen LogP contribution in [0.5, 0.6) is 0 Å². The fourth-order valence-corrected chi connectivity index (χ4v) is 2.13. The predicted molar refractivity (Wildman–Crippen MR) is 67.3 cm³/mol. The van der Waals surface area contributed by atoms with Gasteiger partial charge in [-0.3, -0.25) is 0 Å². The first-order valence-corrected chi connectivity index (χ1v) is 5.66. The first kappa shape index (κ1) is 11.2. The fourth-order valence-electron chi connectivity index (χ4n) is 1.68. The van der Waals surface area contributed by atoms with Crippen LogP contribution in [0.3, 0.4) is 0 Å². The lowest BCUT2D eigenvalue weighted by Crippen LogP contribution is -2.12. The molecule has 1 aromatic carbocycles. The van der Waals surface area contributed by atoms with Gasteiger partial charge in [0.15, 0.2) is 0 Å². The Morgan fingerprint density at radius 1 is 1.25 bits per heavy atom. The van der Waals surface area contributed by atoms with Gasteiger partial charge in [0.1, 0.15) is 0 Å². The molecule has 0 saturated carbocycles. The van der Waals surface area contributed by atoms with E-state index >= 15 is 0 Å². The van der Waals surface area contributed by atoms with Crippen LogP contribution in [-0.4, -0.2) is 9.78 Å². The van der Waals surface area contributed by atoms with Crippen molar-refractivity contribution in [1.29, 1.82) is 0 Å². The molecule has 0 aliphatic heterocycles. The minimum absolute atomic E-state index is 0.0692. The quantitative estimate of drug-likeness (QED) is 0.734. The maximum Gasteiger partial charge on any atom is 0.0660 e. The SMILES string of the molecule is CC(C)(C)c1ccc(-n2cccn2)cc1Cl. The molecule has 0 atom stereocenters. The normalized spacial score (nSPS) is 11.8. The minimum atomic E-state index is 0.0692. The fraction of sp³-hybridized carbons (Fsp3) is 0.308. The van der Waals surface area contributed by atoms with Crippen LogP contribution in [0.1, 0.15) is 26.3 Å². The van der Waals surface area contributed by atoms with E-state index < -0.39 is 0 Å². The van der Waals surface area contributed by atoms with Gasteiger partial charge in [-0.25, -0.2) is 4.68 Å². The number of halogens is 1. The molecular formula is C13H15ClN2. The Labute approximate surface area is 101 Å². The van der Waals surface area contributed by atoms with Crippen molar-refractivity contribution in [1.82, 2.24) is 9.78 Å². The number of nitrogens with zero attached hydrogens (tertiary/aromatic N) is 2. The largest absolute Gasteiger partial charge is 0.241 e. The van der Waals surface area contributed by atoms with Gasteiger partial charge in [-0.15, -0.1) is 0 Å². The van der Waals surface area contributed by atoms with Crippen LogP contribution in [0, 0.1) is 0 Å². The minimum Gasteiger partial charge on any atom is -0.241 e. The summed E-state index contributed by atoms with van der Waals surface area (Å²) in [6, 6.07) is 7.96. The van der Waals surface area contributed by atoms with Crippen molar-refractivity contribution in [3.8, 4) is 5.69 Å². The number of aromatic nitrogens is 2. The van der Waals surface area contributed by atoms with Crippen molar-refractivity contribution in [2.45, 2.75) is 26.2 Å². The van der Waals surface area contributed by atoms with E-state index in [0.29, 0.717) is 0 Å². The molecular weight excluding hydrogens is 220 g/mol. The topological polar surface area (TPSA) is 17.8 Å². The third kappa shape index (κ3) is 2.12. The second-order valence-electron chi connectivity index (χ2n) is 4.86. The number of rotatable bonds is 1. The molecule has 0 aliphatic rings. The summed E-state index contributed by atoms with van der Waals surface area (Å²) in [5.74, 6) is 0. The molecule has 2 rings (SSSR count). The second-order valence-corrected chi connectivity index (χ2v) is 5.27. The van der Waals surface area contributed by atoms with Crippen LogP contribution in [0.25, 0.3) is 5.69 Å². The molecule has 0 spiro atoms. The summed E-state index contributed by atoms with van der Waals surface area (Å²) in [4.78, 5) is 0. The van der Waals surface area contributed by atoms with E-state index in [0.717, 1.165) is 16.3 Å². The highest BCUT2D eigenvalue weighted by atomic mass is 35.5. The van der Waals surface area contributed by atoms with Crippen LogP contribution in [0.2, 0.25) is 5.02 Å². The lowest BCUT2D eigenvalue weighted by atomic mass is 9.87. The molecule has 0 aliphatic carbocycles. The van der Waals surface area contributed by atoms with E-state index in [1.807, 2.05) is 24.4 Å². The van der Waals surface area contributed by atoms with Gasteiger partial charge in [0, 0.05) is 17.4 Å². The van der Waals surface area contributed by atoms with Crippen LogP contribution >= 0.6 is 11.6 Å². The summed E-state index contributed by atoms with van der Waals surface area (Å²) in [5.41, 5.74) is 2.22. The van der Waals surface area contributed by atoms with Crippen molar-refractivity contribution in [2.24, 2.45) is 0 Å². The van der Waals surface area contributed by atoms with E-state index in [4.69, 9.17) is 11.6 Å². The zero-order valence-electron chi connectivity index (χ0n) is 9.74. The lowest BCUT2D eigenvalue weighted by Gasteiger charge is -2.21. The third-order valence-electron chi connectivity index (χ3n) is 2.53. The van der Waals surface area contributed by atoms with Gasteiger partial charge in [0.25, 0.3) is 0 Å². The summed E-state index contributed by atoms with van der Waals surface area (Å²) in [5, 5.41) is 4.97. The van der Waals surface area contributed by atoms with Gasteiger partial charge in [0.2, 0.25) is 0 Å². The van der Waals surface area contributed by atoms with E-state index in [1.54, 1.807) is 10.9 Å². The van der Waals surface area contributed by atoms with Gasteiger partial charge < -0.3 is 0 Å². The van der Waals surface area contributed by atoms with E-state index in [9.17, 15) is 0 Å². The van der Waals surface area contributed by atoms with Crippen LogP contribution < -0.4 is 0 Å². The molecule has 2 nitrogen and oxygen atoms in total. The standard InChI is InChI=1S/C13H15ClN2/c1-13(2,3)11-6-5-10(9-12(11)14)16-8-4-7-15-16/h4-9H,1-3H3. The highest BCUT2D eigenvalue weighted by molar-refractivity contribution is 6.31. The molecule has 2 aromatic rings. The Morgan fingerprint density at radius 3 is 2.50 bits per heavy atom. The summed E-state index contributed by atoms with van der Waals surface area (Å²) >= 11 is 6.29. The highest BCUT2D eigenvalue weighted by Crippen LogP contribution is 2.30. The van der Waals surface area contributed by atoms with Crippen LogP contribution in [0.15, 0.2) is 36.7 Å². The Balaban J connectivity index is 2.45. The van der Waals surface area contributed by atoms with Crippen molar-refractivity contribution in [3.63, 3.8) is 0 Å². The summed E-state index contributed by atoms with van der Waals surface area (Å²) in [6.07, 6.45) is 3.66. The summed E-state index contributed by atoms with van der Waals surface area (Å²) in [6.45, 7) is 6.46. The zero-order valence-corrected chi connectivity index (χ0v) is 10.5. The number of hydrogen-bond donors (Lipinski definition) is 0. The molecule has 1 aromatic heterocycles. The van der Waals surface area contributed by atoms with Crippen molar-refractivity contribution < 1.29 is 0 Å². The zero-order chi connectivity index (χ0) is 11.8. The van der Waals surface area contributed by atoms with Gasteiger partial charge in [-0.1, -0.05) is 38.4 Å². The summed E-state index contributed by atoms with van der Waals surface area (Å²) in [7, 11) is 0. The molecule has 84 valence electrons. The van der Waals surface area contributed by atoms with Crippen LogP contribution in [-0.2, 0) is 5.41 Å². The summed E-state index contributed by atoms with van der Waals surface area (Å²) < 4.78 is 1.80. The first-order chi connectivity index (χ1) is 7.48. The number of hydrogen-bond acceptors (Lipinski definition) is 1. The Hall–Kier alpha value is -1.28. The van der Waals surface area contributed by atoms with Gasteiger partial charge >= 0.3 is 0 Å². The van der Waals surface area contributed by atoms with E-state index in [2.05, 4.69) is 31.9 Å². The number of benzene rings is 1. The van der Waals surface area contributed by atoms with Gasteiger partial charge in [-0.2, -0.15) is 5.10 Å². The first-order valence-electron chi connectivity index (χ1n) is 5.28. The average Bonchev–Trinajstić information content (AvgIpc) is 2.68. The maximum atomic E-state index is 6.29. The molecule has 3 heteroatoms. The Morgan fingerprint density at radius 2 is 2.00 bits per heavy atom. The van der Waals surface area contributed by atoms with Crippen molar-refractivity contribution in [3.05, 3.63) is 47.2 Å². The van der Waals surface area contributed by atoms with Crippen molar-refractivity contribution in [2.75, 3.05) is 0 Å². The van der Waals surface area contributed by atoms with Crippen molar-refractivity contribution >= 4 is 11.6 Å². The average molecular weight is 235 g/mol. The Bertz CT molecular complexity index is 481. The predicted octanol–water partition coefficient (Wildman–Crippen LogP) is 3.82. The molecule has 0 saturated heterocycles. The molecule has 0 unspecified atom stereocenters. The van der Waals surface area contributed by atoms with Gasteiger partial charge in [-0.05, 0) is 29.2 Å².